The molecule has 0 spiro atoms. The first-order chi connectivity index (χ1) is 14.2. The first kappa shape index (κ1) is 20.2. The second kappa shape index (κ2) is 9.63. The summed E-state index contributed by atoms with van der Waals surface area (Å²) in [7, 11) is 0. The Morgan fingerprint density at radius 3 is 2.52 bits per heavy atom. The molecule has 1 aromatic carbocycles. The van der Waals surface area contributed by atoms with E-state index in [1.807, 2.05) is 0 Å². The highest BCUT2D eigenvalue weighted by molar-refractivity contribution is 7.15. The Hall–Kier alpha value is -2.06. The summed E-state index contributed by atoms with van der Waals surface area (Å²) in [6.07, 6.45) is 6.67. The molecular weight excluding hydrogens is 389 g/mol. The fourth-order valence-corrected chi connectivity index (χ4v) is 4.97. The van der Waals surface area contributed by atoms with Crippen molar-refractivity contribution >= 4 is 22.4 Å². The molecule has 1 saturated heterocycles. The number of carbonyl (C=O) groups is 1. The quantitative estimate of drug-likeness (QED) is 0.783. The van der Waals surface area contributed by atoms with E-state index in [1.54, 1.807) is 23.5 Å². The number of piperazine rings is 1. The lowest BCUT2D eigenvalue weighted by Crippen LogP contribution is -2.50. The molecular formula is C21H28FN5OS. The number of hydrogen-bond donors (Lipinski definition) is 1. The van der Waals surface area contributed by atoms with Gasteiger partial charge in [-0.3, -0.25) is 9.69 Å². The highest BCUT2D eigenvalue weighted by Crippen LogP contribution is 2.23. The SMILES string of the molecule is O=C(CN1CCN(c2nnc(Cc3ccc(F)cc3)s2)CC1)NC1CCCCC1. The van der Waals surface area contributed by atoms with Crippen LogP contribution in [0.15, 0.2) is 24.3 Å². The molecule has 1 aliphatic carbocycles. The van der Waals surface area contributed by atoms with E-state index in [0.29, 0.717) is 19.0 Å². The minimum Gasteiger partial charge on any atom is -0.352 e. The molecule has 0 unspecified atom stereocenters. The molecule has 6 nitrogen and oxygen atoms in total. The van der Waals surface area contributed by atoms with Crippen molar-refractivity contribution in [2.24, 2.45) is 0 Å². The molecule has 1 N–H and O–H groups in total. The normalized spacial score (nSPS) is 18.7. The van der Waals surface area contributed by atoms with Crippen molar-refractivity contribution in [2.75, 3.05) is 37.6 Å². The Bertz CT molecular complexity index is 798. The van der Waals surface area contributed by atoms with Crippen LogP contribution in [0, 0.1) is 5.82 Å². The molecule has 0 bridgehead atoms. The lowest BCUT2D eigenvalue weighted by Gasteiger charge is -2.34. The van der Waals surface area contributed by atoms with E-state index in [4.69, 9.17) is 0 Å². The monoisotopic (exact) mass is 417 g/mol. The van der Waals surface area contributed by atoms with E-state index >= 15 is 0 Å². The van der Waals surface area contributed by atoms with Gasteiger partial charge in [0.15, 0.2) is 0 Å². The van der Waals surface area contributed by atoms with E-state index in [0.717, 1.165) is 54.7 Å². The van der Waals surface area contributed by atoms with Gasteiger partial charge in [-0.1, -0.05) is 42.7 Å². The zero-order valence-corrected chi connectivity index (χ0v) is 17.5. The van der Waals surface area contributed by atoms with Crippen LogP contribution in [0.1, 0.15) is 42.7 Å². The molecule has 2 aliphatic rings. The third kappa shape index (κ3) is 5.73. The molecule has 2 fully saturated rings. The smallest absolute Gasteiger partial charge is 0.234 e. The average molecular weight is 418 g/mol. The van der Waals surface area contributed by atoms with Gasteiger partial charge in [0.25, 0.3) is 0 Å². The number of rotatable bonds is 6. The van der Waals surface area contributed by atoms with Gasteiger partial charge in [0.1, 0.15) is 10.8 Å². The topological polar surface area (TPSA) is 61.4 Å². The number of hydrogen-bond acceptors (Lipinski definition) is 6. The average Bonchev–Trinajstić information content (AvgIpc) is 3.19. The van der Waals surface area contributed by atoms with Crippen LogP contribution in [0.5, 0.6) is 0 Å². The number of amides is 1. The van der Waals surface area contributed by atoms with E-state index in [1.165, 1.54) is 31.4 Å². The minimum absolute atomic E-state index is 0.155. The van der Waals surface area contributed by atoms with Crippen molar-refractivity contribution in [3.63, 3.8) is 0 Å². The summed E-state index contributed by atoms with van der Waals surface area (Å²) in [6, 6.07) is 6.89. The lowest BCUT2D eigenvalue weighted by atomic mass is 9.95. The maximum absolute atomic E-state index is 13.0. The largest absolute Gasteiger partial charge is 0.352 e. The molecule has 156 valence electrons. The second-order valence-electron chi connectivity index (χ2n) is 7.95. The fourth-order valence-electron chi connectivity index (χ4n) is 4.04. The second-order valence-corrected chi connectivity index (χ2v) is 8.99. The molecule has 0 radical (unpaired) electrons. The van der Waals surface area contributed by atoms with Gasteiger partial charge in [-0.05, 0) is 30.5 Å². The summed E-state index contributed by atoms with van der Waals surface area (Å²) in [5.74, 6) is -0.0696. The van der Waals surface area contributed by atoms with E-state index < -0.39 is 0 Å². The maximum atomic E-state index is 13.0. The summed E-state index contributed by atoms with van der Waals surface area (Å²) in [5, 5.41) is 13.7. The number of halogens is 1. The molecule has 1 amide bonds. The van der Waals surface area contributed by atoms with Crippen molar-refractivity contribution in [3.05, 3.63) is 40.7 Å². The molecule has 1 aliphatic heterocycles. The number of nitrogens with one attached hydrogen (secondary N) is 1. The van der Waals surface area contributed by atoms with E-state index in [-0.39, 0.29) is 11.7 Å². The summed E-state index contributed by atoms with van der Waals surface area (Å²) in [6.45, 7) is 3.88. The molecule has 8 heteroatoms. The third-order valence-corrected chi connectivity index (χ3v) is 6.69. The summed E-state index contributed by atoms with van der Waals surface area (Å²) >= 11 is 1.59. The van der Waals surface area contributed by atoms with Crippen LogP contribution in [0.4, 0.5) is 9.52 Å². The Morgan fingerprint density at radius 2 is 1.79 bits per heavy atom. The predicted octanol–water partition coefficient (Wildman–Crippen LogP) is 2.84. The Labute approximate surface area is 175 Å². The van der Waals surface area contributed by atoms with Gasteiger partial charge in [-0.2, -0.15) is 0 Å². The number of anilines is 1. The summed E-state index contributed by atoms with van der Waals surface area (Å²) in [5.41, 5.74) is 1.03. The van der Waals surface area contributed by atoms with Crippen molar-refractivity contribution in [1.82, 2.24) is 20.4 Å². The van der Waals surface area contributed by atoms with Crippen LogP contribution in [-0.4, -0.2) is 59.8 Å². The van der Waals surface area contributed by atoms with Gasteiger partial charge >= 0.3 is 0 Å². The number of nitrogens with zero attached hydrogens (tertiary/aromatic N) is 4. The zero-order valence-electron chi connectivity index (χ0n) is 16.6. The molecule has 2 heterocycles. The molecule has 4 rings (SSSR count). The standard InChI is InChI=1S/C21H28FN5OS/c22-17-8-6-16(7-9-17)14-20-24-25-21(29-20)27-12-10-26(11-13-27)15-19(28)23-18-4-2-1-3-5-18/h6-9,18H,1-5,10-15H2,(H,23,28). The van der Waals surface area contributed by atoms with Crippen LogP contribution in [0.25, 0.3) is 0 Å². The summed E-state index contributed by atoms with van der Waals surface area (Å²) in [4.78, 5) is 16.8. The fraction of sp³-hybridized carbons (Fsp3) is 0.571. The lowest BCUT2D eigenvalue weighted by molar-refractivity contribution is -0.123. The highest BCUT2D eigenvalue weighted by atomic mass is 32.1. The molecule has 29 heavy (non-hydrogen) atoms. The summed E-state index contributed by atoms with van der Waals surface area (Å²) < 4.78 is 13.0. The van der Waals surface area contributed by atoms with Gasteiger partial charge in [0.05, 0.1) is 6.54 Å². The van der Waals surface area contributed by atoms with E-state index in [9.17, 15) is 9.18 Å². The van der Waals surface area contributed by atoms with Gasteiger partial charge in [-0.25, -0.2) is 4.39 Å². The number of carbonyl (C=O) groups excluding carboxylic acids is 1. The first-order valence-corrected chi connectivity index (χ1v) is 11.3. The zero-order chi connectivity index (χ0) is 20.1. The highest BCUT2D eigenvalue weighted by Gasteiger charge is 2.23. The van der Waals surface area contributed by atoms with Gasteiger partial charge < -0.3 is 10.2 Å². The molecule has 0 atom stereocenters. The third-order valence-electron chi connectivity index (χ3n) is 5.71. The van der Waals surface area contributed by atoms with Gasteiger partial charge in [0.2, 0.25) is 11.0 Å². The number of benzene rings is 1. The molecule has 2 aromatic rings. The van der Waals surface area contributed by atoms with Crippen molar-refractivity contribution in [2.45, 2.75) is 44.6 Å². The molecule has 1 aromatic heterocycles. The maximum Gasteiger partial charge on any atom is 0.234 e. The predicted molar refractivity (Wildman–Crippen MR) is 113 cm³/mol. The van der Waals surface area contributed by atoms with Gasteiger partial charge in [0, 0.05) is 38.6 Å². The number of aromatic nitrogens is 2. The Balaban J connectivity index is 1.22. The first-order valence-electron chi connectivity index (χ1n) is 10.5. The van der Waals surface area contributed by atoms with Crippen LogP contribution < -0.4 is 10.2 Å². The van der Waals surface area contributed by atoms with Crippen LogP contribution in [0.2, 0.25) is 0 Å². The van der Waals surface area contributed by atoms with Crippen LogP contribution in [-0.2, 0) is 11.2 Å². The van der Waals surface area contributed by atoms with Gasteiger partial charge in [-0.15, -0.1) is 10.2 Å². The molecule has 1 saturated carbocycles. The van der Waals surface area contributed by atoms with E-state index in [2.05, 4.69) is 25.3 Å². The van der Waals surface area contributed by atoms with Crippen molar-refractivity contribution in [3.8, 4) is 0 Å². The Kier molecular flexibility index (Phi) is 6.71. The minimum atomic E-state index is -0.225. The van der Waals surface area contributed by atoms with Crippen LogP contribution >= 0.6 is 11.3 Å². The van der Waals surface area contributed by atoms with Crippen molar-refractivity contribution in [1.29, 1.82) is 0 Å². The Morgan fingerprint density at radius 1 is 1.07 bits per heavy atom. The van der Waals surface area contributed by atoms with Crippen molar-refractivity contribution < 1.29 is 9.18 Å². The van der Waals surface area contributed by atoms with Crippen LogP contribution in [0.3, 0.4) is 0 Å².